The highest BCUT2D eigenvalue weighted by Crippen LogP contribution is 2.14. The fourth-order valence-electron chi connectivity index (χ4n) is 2.33. The van der Waals surface area contributed by atoms with Gasteiger partial charge in [-0.05, 0) is 12.1 Å². The van der Waals surface area contributed by atoms with Crippen LogP contribution in [0.25, 0.3) is 0 Å². The molecule has 0 fully saturated rings. The van der Waals surface area contributed by atoms with Gasteiger partial charge < -0.3 is 10.2 Å². The number of rotatable bonds is 6. The van der Waals surface area contributed by atoms with Crippen LogP contribution in [0.3, 0.4) is 0 Å². The first-order valence-corrected chi connectivity index (χ1v) is 8.22. The van der Waals surface area contributed by atoms with E-state index in [2.05, 4.69) is 15.0 Å². The van der Waals surface area contributed by atoms with E-state index >= 15 is 0 Å². The van der Waals surface area contributed by atoms with E-state index in [1.807, 2.05) is 66.7 Å². The Balaban J connectivity index is 1.68. The summed E-state index contributed by atoms with van der Waals surface area (Å²) in [7, 11) is 0. The van der Waals surface area contributed by atoms with Crippen molar-refractivity contribution in [1.29, 1.82) is 0 Å². The van der Waals surface area contributed by atoms with Crippen molar-refractivity contribution in [3.63, 3.8) is 0 Å². The number of aliphatic hydroxyl groups excluding tert-OH is 2. The smallest absolute Gasteiger partial charge is 0.171 e. The summed E-state index contributed by atoms with van der Waals surface area (Å²) < 4.78 is 0. The number of benzene rings is 2. The minimum absolute atomic E-state index is 0.595. The molecule has 3 aromatic rings. The van der Waals surface area contributed by atoms with Crippen molar-refractivity contribution in [3.8, 4) is 0 Å². The van der Waals surface area contributed by atoms with Crippen LogP contribution >= 0.6 is 0 Å². The number of hydrogen-bond donors (Lipinski definition) is 2. The predicted octanol–water partition coefficient (Wildman–Crippen LogP) is 3.30. The number of nitrogens with zero attached hydrogens (tertiary/aromatic N) is 3. The van der Waals surface area contributed by atoms with Gasteiger partial charge in [-0.25, -0.2) is 4.98 Å². The summed E-state index contributed by atoms with van der Waals surface area (Å²) in [6, 6.07) is 23.8. The molecule has 1 aromatic heterocycles. The topological polar surface area (TPSA) is 78.1 Å². The number of aliphatic hydroxyl groups is 2. The molecule has 1 heterocycles. The monoisotopic (exact) mass is 345 g/mol. The van der Waals surface area contributed by atoms with E-state index in [9.17, 15) is 10.2 Å². The van der Waals surface area contributed by atoms with Crippen LogP contribution in [0, 0.1) is 0 Å². The van der Waals surface area contributed by atoms with Crippen molar-refractivity contribution in [2.75, 3.05) is 0 Å². The fraction of sp³-hybridized carbons (Fsp3) is 0.0952. The summed E-state index contributed by atoms with van der Waals surface area (Å²) in [6.45, 7) is 0. The van der Waals surface area contributed by atoms with Crippen molar-refractivity contribution >= 4 is 12.4 Å². The highest BCUT2D eigenvalue weighted by molar-refractivity contribution is 5.81. The van der Waals surface area contributed by atoms with Gasteiger partial charge in [-0.3, -0.25) is 9.98 Å². The molecule has 0 saturated heterocycles. The summed E-state index contributed by atoms with van der Waals surface area (Å²) >= 11 is 0. The van der Waals surface area contributed by atoms with Crippen LogP contribution in [0.1, 0.15) is 35.0 Å². The lowest BCUT2D eigenvalue weighted by Crippen LogP contribution is -1.98. The zero-order chi connectivity index (χ0) is 18.2. The molecule has 0 spiro atoms. The molecular formula is C21H19N3O2. The van der Waals surface area contributed by atoms with E-state index in [1.165, 1.54) is 12.4 Å². The van der Waals surface area contributed by atoms with E-state index in [4.69, 9.17) is 0 Å². The van der Waals surface area contributed by atoms with E-state index in [1.54, 1.807) is 12.1 Å². The molecule has 5 nitrogen and oxygen atoms in total. The van der Waals surface area contributed by atoms with Gasteiger partial charge in [0, 0.05) is 11.1 Å². The highest BCUT2D eigenvalue weighted by Gasteiger charge is 2.04. The molecular weight excluding hydrogens is 326 g/mol. The van der Waals surface area contributed by atoms with Crippen LogP contribution in [0.5, 0.6) is 0 Å². The van der Waals surface area contributed by atoms with Gasteiger partial charge in [0.1, 0.15) is 0 Å². The molecule has 5 heteroatoms. The zero-order valence-corrected chi connectivity index (χ0v) is 14.1. The summed E-state index contributed by atoms with van der Waals surface area (Å²) in [5, 5.41) is 20.1. The lowest BCUT2D eigenvalue weighted by Gasteiger charge is -2.05. The molecule has 130 valence electrons. The molecule has 0 aliphatic heterocycles. The summed E-state index contributed by atoms with van der Waals surface area (Å²) in [6.07, 6.45) is 1.16. The van der Waals surface area contributed by atoms with Crippen LogP contribution < -0.4 is 0 Å². The van der Waals surface area contributed by atoms with E-state index in [0.29, 0.717) is 22.5 Å². The Hall–Kier alpha value is -3.15. The first-order chi connectivity index (χ1) is 12.7. The summed E-state index contributed by atoms with van der Waals surface area (Å²) in [4.78, 5) is 12.6. The predicted molar refractivity (Wildman–Crippen MR) is 102 cm³/mol. The summed E-state index contributed by atoms with van der Waals surface area (Å²) in [5.74, 6) is 0. The van der Waals surface area contributed by atoms with Gasteiger partial charge in [0.2, 0.25) is 0 Å². The number of aromatic nitrogens is 1. The van der Waals surface area contributed by atoms with Crippen molar-refractivity contribution in [3.05, 3.63) is 101 Å². The minimum Gasteiger partial charge on any atom is -0.368 e. The Morgan fingerprint density at radius 2 is 1.04 bits per heavy atom. The zero-order valence-electron chi connectivity index (χ0n) is 14.1. The molecule has 0 saturated carbocycles. The van der Waals surface area contributed by atoms with Gasteiger partial charge in [0.25, 0.3) is 0 Å². The molecule has 0 amide bonds. The molecule has 26 heavy (non-hydrogen) atoms. The number of pyridine rings is 1. The normalized spacial score (nSPS) is 13.9. The number of aliphatic imine (C=N–C) groups is 2. The van der Waals surface area contributed by atoms with Gasteiger partial charge >= 0.3 is 0 Å². The average molecular weight is 345 g/mol. The van der Waals surface area contributed by atoms with Gasteiger partial charge in [0.05, 0.1) is 23.8 Å². The lowest BCUT2D eigenvalue weighted by atomic mass is 10.2. The molecule has 0 radical (unpaired) electrons. The molecule has 0 aliphatic rings. The maximum absolute atomic E-state index is 10.1. The van der Waals surface area contributed by atoms with Crippen molar-refractivity contribution in [2.45, 2.75) is 12.5 Å². The Morgan fingerprint density at radius 3 is 1.46 bits per heavy atom. The molecule has 0 unspecified atom stereocenters. The first-order valence-electron chi connectivity index (χ1n) is 8.22. The van der Waals surface area contributed by atoms with Crippen molar-refractivity contribution in [2.24, 2.45) is 9.98 Å². The Labute approximate surface area is 152 Å². The molecule has 2 atom stereocenters. The van der Waals surface area contributed by atoms with Crippen LogP contribution in [-0.4, -0.2) is 27.6 Å². The molecule has 3 rings (SSSR count). The summed E-state index contributed by atoms with van der Waals surface area (Å²) in [5.41, 5.74) is 2.62. The van der Waals surface area contributed by atoms with Crippen molar-refractivity contribution in [1.82, 2.24) is 4.98 Å². The number of hydrogen-bond acceptors (Lipinski definition) is 5. The maximum atomic E-state index is 10.1. The lowest BCUT2D eigenvalue weighted by molar-refractivity contribution is 0.189. The highest BCUT2D eigenvalue weighted by atomic mass is 16.3. The standard InChI is InChI=1S/C21H19N3O2/c25-20(16-8-3-1-4-9-16)22-14-18-12-7-13-19(24-18)15-23-21(26)17-10-5-2-6-11-17/h1-15,20-21,25-26H/b22-14+,23-15+/t20-,21-/m0/s1. The van der Waals surface area contributed by atoms with Crippen LogP contribution in [0.4, 0.5) is 0 Å². The Kier molecular flexibility index (Phi) is 5.98. The Bertz CT molecular complexity index is 809. The largest absolute Gasteiger partial charge is 0.368 e. The Morgan fingerprint density at radius 1 is 0.615 bits per heavy atom. The molecule has 0 bridgehead atoms. The van der Waals surface area contributed by atoms with Gasteiger partial charge in [0.15, 0.2) is 12.5 Å². The third-order valence-corrected chi connectivity index (χ3v) is 3.68. The van der Waals surface area contributed by atoms with Gasteiger partial charge in [-0.2, -0.15) is 0 Å². The van der Waals surface area contributed by atoms with Crippen LogP contribution in [0.15, 0.2) is 88.8 Å². The first kappa shape index (κ1) is 17.7. The molecule has 0 aliphatic carbocycles. The van der Waals surface area contributed by atoms with Gasteiger partial charge in [-0.1, -0.05) is 66.7 Å². The van der Waals surface area contributed by atoms with E-state index < -0.39 is 12.5 Å². The minimum atomic E-state index is -0.935. The van der Waals surface area contributed by atoms with Crippen molar-refractivity contribution < 1.29 is 10.2 Å². The maximum Gasteiger partial charge on any atom is 0.171 e. The second-order valence-corrected chi connectivity index (χ2v) is 5.61. The van der Waals surface area contributed by atoms with Gasteiger partial charge in [-0.15, -0.1) is 0 Å². The SMILES string of the molecule is O[C@H](/N=C/c1cccc(/C=N/[C@@H](O)c2ccccc2)n1)c1ccccc1. The fourth-order valence-corrected chi connectivity index (χ4v) is 2.33. The second-order valence-electron chi connectivity index (χ2n) is 5.61. The third-order valence-electron chi connectivity index (χ3n) is 3.68. The van der Waals surface area contributed by atoms with E-state index in [-0.39, 0.29) is 0 Å². The average Bonchev–Trinajstić information content (AvgIpc) is 2.72. The third kappa shape index (κ3) is 4.92. The second kappa shape index (κ2) is 8.80. The molecule has 2 aromatic carbocycles. The van der Waals surface area contributed by atoms with Crippen LogP contribution in [-0.2, 0) is 0 Å². The molecule has 2 N–H and O–H groups in total. The van der Waals surface area contributed by atoms with E-state index in [0.717, 1.165) is 0 Å². The van der Waals surface area contributed by atoms with Crippen LogP contribution in [0.2, 0.25) is 0 Å². The quantitative estimate of drug-likeness (QED) is 0.673.